The zero-order valence-electron chi connectivity index (χ0n) is 21.5. The van der Waals surface area contributed by atoms with Gasteiger partial charge in [0.15, 0.2) is 0 Å². The lowest BCUT2D eigenvalue weighted by Gasteiger charge is -2.34. The first-order chi connectivity index (χ1) is 19.0. The summed E-state index contributed by atoms with van der Waals surface area (Å²) < 4.78 is 126. The molecule has 0 aliphatic carbocycles. The summed E-state index contributed by atoms with van der Waals surface area (Å²) in [4.78, 5) is 5.57. The lowest BCUT2D eigenvalue weighted by Crippen LogP contribution is -2.39. The van der Waals surface area contributed by atoms with Crippen LogP contribution in [0, 0.1) is 12.7 Å². The van der Waals surface area contributed by atoms with E-state index in [1.807, 2.05) is 6.92 Å². The van der Waals surface area contributed by atoms with Gasteiger partial charge in [-0.3, -0.25) is 9.39 Å². The summed E-state index contributed by atoms with van der Waals surface area (Å²) >= 11 is 0. The third-order valence-electron chi connectivity index (χ3n) is 5.95. The zero-order valence-corrected chi connectivity index (χ0v) is 22.4. The molecule has 1 fully saturated rings. The van der Waals surface area contributed by atoms with E-state index >= 15 is 0 Å². The van der Waals surface area contributed by atoms with Crippen molar-refractivity contribution in [2.45, 2.75) is 36.6 Å². The summed E-state index contributed by atoms with van der Waals surface area (Å²) in [7, 11) is -4.02. The maximum atomic E-state index is 13.1. The van der Waals surface area contributed by atoms with E-state index in [2.05, 4.69) is 0 Å². The molecule has 0 amide bonds. The SMILES string of the molecule is Cc1ccc(S(=O)(=O)O)cc1.Fc1ccc(C2COCCN2OCCc2cc(C(F)(F)F)cc(C(F)(F)F)c2)cc1. The van der Waals surface area contributed by atoms with Gasteiger partial charge in [0.25, 0.3) is 10.1 Å². The predicted octanol–water partition coefficient (Wildman–Crippen LogP) is 6.65. The first-order valence-electron chi connectivity index (χ1n) is 12.1. The Morgan fingerprint density at radius 1 is 0.927 bits per heavy atom. The average Bonchev–Trinajstić information content (AvgIpc) is 2.88. The fraction of sp³-hybridized carbons (Fsp3) is 0.333. The molecule has 0 saturated carbocycles. The zero-order chi connectivity index (χ0) is 30.4. The van der Waals surface area contributed by atoms with Crippen LogP contribution in [-0.4, -0.2) is 44.4 Å². The molecule has 1 saturated heterocycles. The van der Waals surface area contributed by atoms with E-state index in [-0.39, 0.29) is 42.2 Å². The number of alkyl halides is 6. The van der Waals surface area contributed by atoms with Gasteiger partial charge in [0, 0.05) is 6.54 Å². The number of hydrogen-bond donors (Lipinski definition) is 1. The molecule has 14 heteroatoms. The van der Waals surface area contributed by atoms with E-state index in [0.29, 0.717) is 25.3 Å². The standard InChI is InChI=1S/C20H18F7NO2.C7H8O3S/c21-17-3-1-14(2-4-17)18-12-29-8-6-28(18)30-7-5-13-9-15(19(22,23)24)11-16(10-13)20(25,26)27;1-6-2-4-7(5-3-6)11(8,9)10/h1-4,9-11,18H,5-8,12H2;2-5H,1H3,(H,8,9,10). The number of morpholine rings is 1. The first-order valence-corrected chi connectivity index (χ1v) is 13.5. The number of ether oxygens (including phenoxy) is 1. The summed E-state index contributed by atoms with van der Waals surface area (Å²) in [6.07, 6.45) is -9.94. The highest BCUT2D eigenvalue weighted by molar-refractivity contribution is 7.85. The molecule has 0 radical (unpaired) electrons. The molecule has 41 heavy (non-hydrogen) atoms. The Labute approximate surface area is 232 Å². The monoisotopic (exact) mass is 609 g/mol. The molecular formula is C27H26F7NO5S. The minimum atomic E-state index is -4.89. The van der Waals surface area contributed by atoms with Crippen molar-refractivity contribution in [1.82, 2.24) is 5.06 Å². The lowest BCUT2D eigenvalue weighted by molar-refractivity contribution is -0.226. The quantitative estimate of drug-likeness (QED) is 0.249. The number of benzene rings is 3. The number of nitrogens with zero attached hydrogens (tertiary/aromatic N) is 1. The van der Waals surface area contributed by atoms with Crippen molar-refractivity contribution in [2.75, 3.05) is 26.4 Å². The predicted molar refractivity (Wildman–Crippen MR) is 134 cm³/mol. The van der Waals surface area contributed by atoms with Gasteiger partial charge < -0.3 is 4.74 Å². The van der Waals surface area contributed by atoms with Crippen LogP contribution in [0.1, 0.15) is 33.9 Å². The molecule has 4 rings (SSSR count). The number of hydroxylamine groups is 2. The number of rotatable bonds is 6. The van der Waals surface area contributed by atoms with Gasteiger partial charge in [-0.05, 0) is 66.9 Å². The highest BCUT2D eigenvalue weighted by atomic mass is 32.2. The molecule has 3 aromatic carbocycles. The van der Waals surface area contributed by atoms with Crippen LogP contribution in [0.2, 0.25) is 0 Å². The number of hydrogen-bond acceptors (Lipinski definition) is 5. The fourth-order valence-electron chi connectivity index (χ4n) is 3.85. The van der Waals surface area contributed by atoms with E-state index in [0.717, 1.165) is 11.1 Å². The van der Waals surface area contributed by atoms with Gasteiger partial charge in [0.2, 0.25) is 0 Å². The van der Waals surface area contributed by atoms with Crippen molar-refractivity contribution < 1.29 is 53.3 Å². The lowest BCUT2D eigenvalue weighted by atomic mass is 10.0. The van der Waals surface area contributed by atoms with Gasteiger partial charge >= 0.3 is 12.4 Å². The molecule has 1 heterocycles. The summed E-state index contributed by atoms with van der Waals surface area (Å²) in [5.41, 5.74) is -1.18. The van der Waals surface area contributed by atoms with Gasteiger partial charge in [0.05, 0.1) is 41.9 Å². The van der Waals surface area contributed by atoms with Crippen LogP contribution < -0.4 is 0 Å². The maximum absolute atomic E-state index is 13.1. The van der Waals surface area contributed by atoms with E-state index in [1.54, 1.807) is 29.3 Å². The van der Waals surface area contributed by atoms with Crippen LogP contribution in [-0.2, 0) is 38.5 Å². The van der Waals surface area contributed by atoms with Gasteiger partial charge in [-0.25, -0.2) is 4.39 Å². The van der Waals surface area contributed by atoms with Crippen LogP contribution in [0.4, 0.5) is 30.7 Å². The van der Waals surface area contributed by atoms with Gasteiger partial charge in [-0.15, -0.1) is 0 Å². The van der Waals surface area contributed by atoms with Crippen LogP contribution in [0.5, 0.6) is 0 Å². The Balaban J connectivity index is 0.000000352. The van der Waals surface area contributed by atoms with E-state index in [9.17, 15) is 39.2 Å². The third-order valence-corrected chi connectivity index (χ3v) is 6.82. The van der Waals surface area contributed by atoms with Gasteiger partial charge in [-0.2, -0.15) is 39.8 Å². The Morgan fingerprint density at radius 3 is 2.00 bits per heavy atom. The van der Waals surface area contributed by atoms with Crippen LogP contribution in [0.15, 0.2) is 71.6 Å². The van der Waals surface area contributed by atoms with Crippen molar-refractivity contribution in [3.8, 4) is 0 Å². The molecule has 224 valence electrons. The molecule has 1 unspecified atom stereocenters. The Hall–Kier alpha value is -3.04. The Bertz CT molecular complexity index is 1360. The van der Waals surface area contributed by atoms with Crippen LogP contribution in [0.3, 0.4) is 0 Å². The molecule has 1 aliphatic heterocycles. The molecular weight excluding hydrogens is 583 g/mol. The normalized spacial score (nSPS) is 16.7. The second kappa shape index (κ2) is 13.3. The smallest absolute Gasteiger partial charge is 0.378 e. The van der Waals surface area contributed by atoms with Gasteiger partial charge in [-0.1, -0.05) is 29.8 Å². The van der Waals surface area contributed by atoms with Gasteiger partial charge in [0.1, 0.15) is 5.82 Å². The summed E-state index contributed by atoms with van der Waals surface area (Å²) in [6, 6.07) is 12.8. The first kappa shape index (κ1) is 32.5. The molecule has 6 nitrogen and oxygen atoms in total. The molecule has 0 bridgehead atoms. The summed E-state index contributed by atoms with van der Waals surface area (Å²) in [6.45, 7) is 2.66. The summed E-state index contributed by atoms with van der Waals surface area (Å²) in [5.74, 6) is -0.409. The van der Waals surface area contributed by atoms with Crippen molar-refractivity contribution in [2.24, 2.45) is 0 Å². The molecule has 3 aromatic rings. The van der Waals surface area contributed by atoms with E-state index < -0.39 is 39.4 Å². The average molecular weight is 610 g/mol. The second-order valence-electron chi connectivity index (χ2n) is 9.07. The number of aryl methyl sites for hydroxylation is 1. The topological polar surface area (TPSA) is 76.1 Å². The van der Waals surface area contributed by atoms with Crippen LogP contribution >= 0.6 is 0 Å². The highest BCUT2D eigenvalue weighted by Gasteiger charge is 2.37. The van der Waals surface area contributed by atoms with Crippen molar-refractivity contribution in [3.63, 3.8) is 0 Å². The number of halogens is 7. The summed E-state index contributed by atoms with van der Waals surface area (Å²) in [5, 5.41) is 1.55. The minimum Gasteiger partial charge on any atom is -0.378 e. The molecule has 1 N–H and O–H groups in total. The molecule has 1 atom stereocenters. The Kier molecular flexibility index (Phi) is 10.5. The van der Waals surface area contributed by atoms with E-state index in [4.69, 9.17) is 14.1 Å². The Morgan fingerprint density at radius 2 is 1.49 bits per heavy atom. The third kappa shape index (κ3) is 9.78. The molecule has 0 spiro atoms. The largest absolute Gasteiger partial charge is 0.416 e. The molecule has 0 aromatic heterocycles. The van der Waals surface area contributed by atoms with Crippen LogP contribution in [0.25, 0.3) is 0 Å². The second-order valence-corrected chi connectivity index (χ2v) is 10.5. The fourth-order valence-corrected chi connectivity index (χ4v) is 4.33. The highest BCUT2D eigenvalue weighted by Crippen LogP contribution is 2.36. The maximum Gasteiger partial charge on any atom is 0.416 e. The van der Waals surface area contributed by atoms with E-state index in [1.165, 1.54) is 24.3 Å². The molecule has 1 aliphatic rings. The van der Waals surface area contributed by atoms with Crippen molar-refractivity contribution in [3.05, 3.63) is 100 Å². The minimum absolute atomic E-state index is 0.0666. The van der Waals surface area contributed by atoms with Crippen molar-refractivity contribution in [1.29, 1.82) is 0 Å². The van der Waals surface area contributed by atoms with Crippen molar-refractivity contribution >= 4 is 10.1 Å².